The second-order valence-corrected chi connectivity index (χ2v) is 4.42. The summed E-state index contributed by atoms with van der Waals surface area (Å²) in [4.78, 5) is 21.3. The molecule has 0 unspecified atom stereocenters. The van der Waals surface area contributed by atoms with Crippen LogP contribution < -0.4 is 5.73 Å². The van der Waals surface area contributed by atoms with Crippen molar-refractivity contribution in [1.29, 1.82) is 0 Å². The van der Waals surface area contributed by atoms with E-state index in [0.717, 1.165) is 0 Å². The number of non-ortho nitro benzene ring substituents is 1. The Labute approximate surface area is 109 Å². The lowest BCUT2D eigenvalue weighted by Crippen LogP contribution is -2.07. The van der Waals surface area contributed by atoms with Crippen LogP contribution in [-0.2, 0) is 15.3 Å². The molecule has 0 heterocycles. The molecule has 0 aliphatic heterocycles. The van der Waals surface area contributed by atoms with E-state index in [0.29, 0.717) is 23.6 Å². The molecule has 2 N–H and O–H groups in total. The summed E-state index contributed by atoms with van der Waals surface area (Å²) < 4.78 is 4.77. The molecule has 0 saturated carbocycles. The molecule has 1 aromatic carbocycles. The van der Waals surface area contributed by atoms with Gasteiger partial charge in [0, 0.05) is 23.6 Å². The number of benzene rings is 1. The van der Waals surface area contributed by atoms with E-state index >= 15 is 0 Å². The molecular weight excluding hydrogens is 256 g/mol. The van der Waals surface area contributed by atoms with E-state index in [1.807, 2.05) is 0 Å². The van der Waals surface area contributed by atoms with Gasteiger partial charge in [-0.1, -0.05) is 0 Å². The third kappa shape index (κ3) is 4.25. The van der Waals surface area contributed by atoms with Crippen molar-refractivity contribution < 1.29 is 14.5 Å². The Kier molecular flexibility index (Phi) is 5.44. The highest BCUT2D eigenvalue weighted by atomic mass is 32.2. The normalized spacial score (nSPS) is 10.1. The standard InChI is InChI=1S/C11H14N2O4S/c1-2-17-11(14)7-18-6-8-5-9(13(15)16)3-4-10(8)12/h3-5H,2,6-7,12H2,1H3. The quantitative estimate of drug-likeness (QED) is 0.367. The van der Waals surface area contributed by atoms with Gasteiger partial charge >= 0.3 is 5.97 Å². The first-order chi connectivity index (χ1) is 8.54. The minimum absolute atomic E-state index is 0.00376. The summed E-state index contributed by atoms with van der Waals surface area (Å²) in [5, 5.41) is 10.6. The molecule has 1 aromatic rings. The Morgan fingerprint density at radius 2 is 2.28 bits per heavy atom. The maximum Gasteiger partial charge on any atom is 0.315 e. The van der Waals surface area contributed by atoms with Gasteiger partial charge in [-0.05, 0) is 18.6 Å². The van der Waals surface area contributed by atoms with Gasteiger partial charge in [-0.15, -0.1) is 11.8 Å². The number of nitro groups is 1. The first-order valence-electron chi connectivity index (χ1n) is 5.30. The molecule has 0 bridgehead atoms. The first kappa shape index (κ1) is 14.3. The van der Waals surface area contributed by atoms with Crippen LogP contribution in [0.2, 0.25) is 0 Å². The summed E-state index contributed by atoms with van der Waals surface area (Å²) in [6.07, 6.45) is 0. The van der Waals surface area contributed by atoms with Gasteiger partial charge in [-0.25, -0.2) is 0 Å². The maximum atomic E-state index is 11.1. The fraction of sp³-hybridized carbons (Fsp3) is 0.364. The molecule has 0 aromatic heterocycles. The van der Waals surface area contributed by atoms with Crippen molar-refractivity contribution in [2.45, 2.75) is 12.7 Å². The largest absolute Gasteiger partial charge is 0.465 e. The van der Waals surface area contributed by atoms with E-state index < -0.39 is 4.92 Å². The summed E-state index contributed by atoms with van der Waals surface area (Å²) in [5.41, 5.74) is 6.84. The smallest absolute Gasteiger partial charge is 0.315 e. The average Bonchev–Trinajstić information content (AvgIpc) is 2.31. The highest BCUT2D eigenvalue weighted by molar-refractivity contribution is 7.99. The third-order valence-corrected chi connectivity index (χ3v) is 3.08. The lowest BCUT2D eigenvalue weighted by molar-refractivity contribution is -0.384. The monoisotopic (exact) mass is 270 g/mol. The highest BCUT2D eigenvalue weighted by Gasteiger charge is 2.10. The zero-order valence-electron chi connectivity index (χ0n) is 9.92. The number of hydrogen-bond acceptors (Lipinski definition) is 6. The topological polar surface area (TPSA) is 95.5 Å². The van der Waals surface area contributed by atoms with Crippen LogP contribution in [0.5, 0.6) is 0 Å². The van der Waals surface area contributed by atoms with Gasteiger partial charge in [-0.2, -0.15) is 0 Å². The fourth-order valence-electron chi connectivity index (χ4n) is 1.28. The number of esters is 1. The fourth-order valence-corrected chi connectivity index (χ4v) is 2.10. The van der Waals surface area contributed by atoms with Gasteiger partial charge in [0.25, 0.3) is 5.69 Å². The average molecular weight is 270 g/mol. The number of anilines is 1. The number of rotatable bonds is 6. The first-order valence-corrected chi connectivity index (χ1v) is 6.46. The molecule has 7 heteroatoms. The van der Waals surface area contributed by atoms with Crippen molar-refractivity contribution in [3.8, 4) is 0 Å². The molecule has 6 nitrogen and oxygen atoms in total. The number of nitrogen functional groups attached to an aromatic ring is 1. The van der Waals surface area contributed by atoms with Gasteiger partial charge in [0.1, 0.15) is 0 Å². The van der Waals surface area contributed by atoms with Crippen LogP contribution in [0.15, 0.2) is 18.2 Å². The number of carbonyl (C=O) groups excluding carboxylic acids is 1. The Morgan fingerprint density at radius 1 is 1.56 bits per heavy atom. The molecule has 0 fully saturated rings. The van der Waals surface area contributed by atoms with E-state index in [9.17, 15) is 14.9 Å². The molecule has 18 heavy (non-hydrogen) atoms. The second kappa shape index (κ2) is 6.85. The van der Waals surface area contributed by atoms with Crippen molar-refractivity contribution in [2.24, 2.45) is 0 Å². The zero-order chi connectivity index (χ0) is 13.5. The predicted molar refractivity (Wildman–Crippen MR) is 70.3 cm³/mol. The van der Waals surface area contributed by atoms with Crippen LogP contribution in [0.3, 0.4) is 0 Å². The van der Waals surface area contributed by atoms with Crippen molar-refractivity contribution in [2.75, 3.05) is 18.1 Å². The molecular formula is C11H14N2O4S. The zero-order valence-corrected chi connectivity index (χ0v) is 10.7. The van der Waals surface area contributed by atoms with Crippen molar-refractivity contribution in [3.05, 3.63) is 33.9 Å². The van der Waals surface area contributed by atoms with Gasteiger partial charge in [-0.3, -0.25) is 14.9 Å². The summed E-state index contributed by atoms with van der Waals surface area (Å²) in [6.45, 7) is 2.08. The van der Waals surface area contributed by atoms with Crippen LogP contribution in [0.4, 0.5) is 11.4 Å². The van der Waals surface area contributed by atoms with Gasteiger partial charge in [0.15, 0.2) is 0 Å². The van der Waals surface area contributed by atoms with Crippen LogP contribution in [0.1, 0.15) is 12.5 Å². The molecule has 1 rings (SSSR count). The molecule has 0 aliphatic carbocycles. The van der Waals surface area contributed by atoms with Crippen LogP contribution in [0.25, 0.3) is 0 Å². The maximum absolute atomic E-state index is 11.1. The number of nitrogens with zero attached hydrogens (tertiary/aromatic N) is 1. The molecule has 0 saturated heterocycles. The van der Waals surface area contributed by atoms with Crippen molar-refractivity contribution in [3.63, 3.8) is 0 Å². The summed E-state index contributed by atoms with van der Waals surface area (Å²) in [6, 6.07) is 4.28. The third-order valence-electron chi connectivity index (χ3n) is 2.12. The van der Waals surface area contributed by atoms with E-state index in [2.05, 4.69) is 0 Å². The van der Waals surface area contributed by atoms with Gasteiger partial charge in [0.05, 0.1) is 17.3 Å². The minimum Gasteiger partial charge on any atom is -0.465 e. The Hall–Kier alpha value is -1.76. The van der Waals surface area contributed by atoms with E-state index in [1.165, 1.54) is 30.0 Å². The van der Waals surface area contributed by atoms with E-state index in [-0.39, 0.29) is 17.4 Å². The SMILES string of the molecule is CCOC(=O)CSCc1cc([N+](=O)[O-])ccc1N. The molecule has 0 atom stereocenters. The number of ether oxygens (including phenoxy) is 1. The predicted octanol–water partition coefficient (Wildman–Crippen LogP) is 1.97. The molecule has 98 valence electrons. The minimum atomic E-state index is -0.473. The highest BCUT2D eigenvalue weighted by Crippen LogP contribution is 2.23. The lowest BCUT2D eigenvalue weighted by Gasteiger charge is -2.05. The molecule has 0 aliphatic rings. The second-order valence-electron chi connectivity index (χ2n) is 3.44. The number of hydrogen-bond donors (Lipinski definition) is 1. The number of thioether (sulfide) groups is 1. The summed E-state index contributed by atoms with van der Waals surface area (Å²) in [5.74, 6) is 0.342. The van der Waals surface area contributed by atoms with Crippen LogP contribution in [-0.4, -0.2) is 23.3 Å². The molecule has 0 radical (unpaired) electrons. The summed E-state index contributed by atoms with van der Waals surface area (Å²) >= 11 is 1.31. The Bertz CT molecular complexity index is 451. The Balaban J connectivity index is 2.58. The number of nitro benzene ring substituents is 1. The summed E-state index contributed by atoms with van der Waals surface area (Å²) in [7, 11) is 0. The van der Waals surface area contributed by atoms with Crippen molar-refractivity contribution >= 4 is 29.1 Å². The molecule has 0 amide bonds. The number of carbonyl (C=O) groups is 1. The van der Waals surface area contributed by atoms with Gasteiger partial charge < -0.3 is 10.5 Å². The lowest BCUT2D eigenvalue weighted by atomic mass is 10.2. The molecule has 0 spiro atoms. The van der Waals surface area contributed by atoms with Crippen LogP contribution in [0, 0.1) is 10.1 Å². The van der Waals surface area contributed by atoms with Crippen molar-refractivity contribution in [1.82, 2.24) is 0 Å². The van der Waals surface area contributed by atoms with Crippen LogP contribution >= 0.6 is 11.8 Å². The van der Waals surface area contributed by atoms with E-state index in [1.54, 1.807) is 6.92 Å². The van der Waals surface area contributed by atoms with Gasteiger partial charge in [0.2, 0.25) is 0 Å². The van der Waals surface area contributed by atoms with E-state index in [4.69, 9.17) is 10.5 Å². The Morgan fingerprint density at radius 3 is 2.89 bits per heavy atom. The number of nitrogens with two attached hydrogens (primary N) is 1.